The van der Waals surface area contributed by atoms with Gasteiger partial charge in [0, 0.05) is 5.56 Å². The average molecular weight is 270 g/mol. The van der Waals surface area contributed by atoms with Gasteiger partial charge in [-0.3, -0.25) is 0 Å². The molecule has 3 N–H and O–H groups in total. The summed E-state index contributed by atoms with van der Waals surface area (Å²) >= 11 is 0. The van der Waals surface area contributed by atoms with Gasteiger partial charge in [-0.2, -0.15) is 0 Å². The molecule has 0 amide bonds. The Kier molecular flexibility index (Phi) is 6.24. The molecule has 0 heterocycles. The lowest BCUT2D eigenvalue weighted by atomic mass is 10.1. The van der Waals surface area contributed by atoms with Crippen LogP contribution >= 0.6 is 0 Å². The fourth-order valence-electron chi connectivity index (χ4n) is 1.49. The number of ether oxygens (including phenoxy) is 2. The molecule has 0 radical (unpaired) electrons. The Balaban J connectivity index is 2.58. The molecule has 1 aromatic rings. The number of amidine groups is 1. The molecule has 0 atom stereocenters. The van der Waals surface area contributed by atoms with E-state index >= 15 is 0 Å². The first-order valence-corrected chi connectivity index (χ1v) is 6.00. The highest BCUT2D eigenvalue weighted by Gasteiger charge is 2.08. The Hall–Kier alpha value is -1.66. The van der Waals surface area contributed by atoms with E-state index in [2.05, 4.69) is 5.16 Å². The lowest BCUT2D eigenvalue weighted by Crippen LogP contribution is -2.17. The molecule has 0 aromatic heterocycles. The number of benzene rings is 1. The Labute approximate surface area is 111 Å². The van der Waals surface area contributed by atoms with E-state index in [0.717, 1.165) is 0 Å². The molecule has 19 heavy (non-hydrogen) atoms. The summed E-state index contributed by atoms with van der Waals surface area (Å²) in [6.45, 7) is 5.03. The van der Waals surface area contributed by atoms with Crippen molar-refractivity contribution in [2.24, 2.45) is 10.9 Å². The predicted molar refractivity (Wildman–Crippen MR) is 69.7 cm³/mol. The first-order chi connectivity index (χ1) is 9.04. The Morgan fingerprint density at radius 1 is 1.42 bits per heavy atom. The van der Waals surface area contributed by atoms with E-state index in [0.29, 0.717) is 24.3 Å². The fourth-order valence-corrected chi connectivity index (χ4v) is 1.49. The number of nitrogens with two attached hydrogens (primary N) is 1. The molecule has 6 heteroatoms. The molecule has 1 aromatic carbocycles. The Morgan fingerprint density at radius 3 is 2.79 bits per heavy atom. The van der Waals surface area contributed by atoms with Crippen LogP contribution in [0, 0.1) is 5.82 Å². The van der Waals surface area contributed by atoms with Gasteiger partial charge in [-0.1, -0.05) is 11.2 Å². The van der Waals surface area contributed by atoms with Crippen LogP contribution in [0.2, 0.25) is 0 Å². The van der Waals surface area contributed by atoms with Crippen LogP contribution in [0.15, 0.2) is 23.4 Å². The number of oxime groups is 1. The maximum absolute atomic E-state index is 13.1. The molecular formula is C13H19FN2O3. The predicted octanol–water partition coefficient (Wildman–Crippen LogP) is 1.86. The SMILES string of the molecule is CC(C)OCCOCc1ccc(F)cc1C(N)=NO. The third-order valence-electron chi connectivity index (χ3n) is 2.39. The van der Waals surface area contributed by atoms with Crippen molar-refractivity contribution in [2.45, 2.75) is 26.6 Å². The quantitative estimate of drug-likeness (QED) is 0.261. The van der Waals surface area contributed by atoms with E-state index in [-0.39, 0.29) is 18.5 Å². The fraction of sp³-hybridized carbons (Fsp3) is 0.462. The second kappa shape index (κ2) is 7.70. The second-order valence-corrected chi connectivity index (χ2v) is 4.26. The number of nitrogens with zero attached hydrogens (tertiary/aromatic N) is 1. The van der Waals surface area contributed by atoms with Crippen LogP contribution in [-0.2, 0) is 16.1 Å². The monoisotopic (exact) mass is 270 g/mol. The largest absolute Gasteiger partial charge is 0.409 e. The smallest absolute Gasteiger partial charge is 0.170 e. The summed E-state index contributed by atoms with van der Waals surface area (Å²) in [5.74, 6) is -0.593. The van der Waals surface area contributed by atoms with Gasteiger partial charge in [0.15, 0.2) is 5.84 Å². The minimum atomic E-state index is -0.450. The standard InChI is InChI=1S/C13H19FN2O3/c1-9(2)19-6-5-18-8-10-3-4-11(14)7-12(10)13(15)16-17/h3-4,7,9,17H,5-6,8H2,1-2H3,(H2,15,16). The number of hydrogen-bond acceptors (Lipinski definition) is 4. The molecule has 0 aliphatic heterocycles. The molecule has 0 aliphatic carbocycles. The molecule has 1 rings (SSSR count). The number of rotatable bonds is 7. The molecule has 0 aliphatic rings. The van der Waals surface area contributed by atoms with E-state index in [9.17, 15) is 4.39 Å². The molecular weight excluding hydrogens is 251 g/mol. The first-order valence-electron chi connectivity index (χ1n) is 6.00. The van der Waals surface area contributed by atoms with Gasteiger partial charge in [-0.05, 0) is 31.5 Å². The maximum Gasteiger partial charge on any atom is 0.170 e. The van der Waals surface area contributed by atoms with E-state index < -0.39 is 5.82 Å². The maximum atomic E-state index is 13.1. The summed E-state index contributed by atoms with van der Waals surface area (Å²) in [6.07, 6.45) is 0.155. The van der Waals surface area contributed by atoms with E-state index in [1.807, 2.05) is 13.8 Å². The minimum absolute atomic E-state index is 0.142. The van der Waals surface area contributed by atoms with Gasteiger partial charge in [0.2, 0.25) is 0 Å². The second-order valence-electron chi connectivity index (χ2n) is 4.26. The molecule has 5 nitrogen and oxygen atoms in total. The van der Waals surface area contributed by atoms with Crippen LogP contribution in [-0.4, -0.2) is 30.4 Å². The summed E-state index contributed by atoms with van der Waals surface area (Å²) in [7, 11) is 0. The van der Waals surface area contributed by atoms with Gasteiger partial charge in [-0.25, -0.2) is 4.39 Å². The highest BCUT2D eigenvalue weighted by atomic mass is 19.1. The molecule has 0 fully saturated rings. The minimum Gasteiger partial charge on any atom is -0.409 e. The summed E-state index contributed by atoms with van der Waals surface area (Å²) in [5.41, 5.74) is 6.47. The Bertz CT molecular complexity index is 436. The highest BCUT2D eigenvalue weighted by Crippen LogP contribution is 2.12. The lowest BCUT2D eigenvalue weighted by molar-refractivity contribution is 0.0142. The van der Waals surface area contributed by atoms with Crippen LogP contribution in [0.1, 0.15) is 25.0 Å². The van der Waals surface area contributed by atoms with Crippen molar-refractivity contribution in [1.82, 2.24) is 0 Å². The zero-order chi connectivity index (χ0) is 14.3. The average Bonchev–Trinajstić information content (AvgIpc) is 2.38. The van der Waals surface area contributed by atoms with Crippen molar-refractivity contribution in [1.29, 1.82) is 0 Å². The molecule has 0 spiro atoms. The van der Waals surface area contributed by atoms with Crippen molar-refractivity contribution in [3.63, 3.8) is 0 Å². The third kappa shape index (κ3) is 5.23. The molecule has 0 bridgehead atoms. The van der Waals surface area contributed by atoms with Crippen LogP contribution in [0.4, 0.5) is 4.39 Å². The van der Waals surface area contributed by atoms with Crippen molar-refractivity contribution in [3.05, 3.63) is 35.1 Å². The normalized spacial score (nSPS) is 12.1. The highest BCUT2D eigenvalue weighted by molar-refractivity contribution is 5.98. The molecule has 0 saturated carbocycles. The van der Waals surface area contributed by atoms with Crippen molar-refractivity contribution < 1.29 is 19.1 Å². The number of halogens is 1. The van der Waals surface area contributed by atoms with E-state index in [1.165, 1.54) is 12.1 Å². The zero-order valence-electron chi connectivity index (χ0n) is 11.1. The van der Waals surface area contributed by atoms with Crippen molar-refractivity contribution >= 4 is 5.84 Å². The van der Waals surface area contributed by atoms with Gasteiger partial charge in [0.1, 0.15) is 5.82 Å². The number of hydrogen-bond donors (Lipinski definition) is 2. The first kappa shape index (κ1) is 15.4. The van der Waals surface area contributed by atoms with Gasteiger partial charge in [0.25, 0.3) is 0 Å². The molecule has 106 valence electrons. The van der Waals surface area contributed by atoms with Crippen molar-refractivity contribution in [3.8, 4) is 0 Å². The van der Waals surface area contributed by atoms with Crippen LogP contribution in [0.25, 0.3) is 0 Å². The van der Waals surface area contributed by atoms with Gasteiger partial charge < -0.3 is 20.4 Å². The van der Waals surface area contributed by atoms with E-state index in [4.69, 9.17) is 20.4 Å². The van der Waals surface area contributed by atoms with Crippen LogP contribution in [0.5, 0.6) is 0 Å². The van der Waals surface area contributed by atoms with E-state index in [1.54, 1.807) is 6.07 Å². The summed E-state index contributed by atoms with van der Waals surface area (Å²) in [6, 6.07) is 4.06. The van der Waals surface area contributed by atoms with Crippen molar-refractivity contribution in [2.75, 3.05) is 13.2 Å². The molecule has 0 unspecified atom stereocenters. The summed E-state index contributed by atoms with van der Waals surface area (Å²) in [4.78, 5) is 0. The topological polar surface area (TPSA) is 77.1 Å². The van der Waals surface area contributed by atoms with Crippen LogP contribution < -0.4 is 5.73 Å². The third-order valence-corrected chi connectivity index (χ3v) is 2.39. The van der Waals surface area contributed by atoms with Crippen LogP contribution in [0.3, 0.4) is 0 Å². The van der Waals surface area contributed by atoms with Gasteiger partial charge >= 0.3 is 0 Å². The lowest BCUT2D eigenvalue weighted by Gasteiger charge is -2.10. The summed E-state index contributed by atoms with van der Waals surface area (Å²) < 4.78 is 23.9. The van der Waals surface area contributed by atoms with Gasteiger partial charge in [0.05, 0.1) is 25.9 Å². The zero-order valence-corrected chi connectivity index (χ0v) is 11.1. The van der Waals surface area contributed by atoms with Gasteiger partial charge in [-0.15, -0.1) is 0 Å². The summed E-state index contributed by atoms with van der Waals surface area (Å²) in [5, 5.41) is 11.5. The molecule has 0 saturated heterocycles. The Morgan fingerprint density at radius 2 is 2.16 bits per heavy atom.